The summed E-state index contributed by atoms with van der Waals surface area (Å²) in [6.45, 7) is 3.96. The first-order chi connectivity index (χ1) is 9.02. The Morgan fingerprint density at radius 2 is 2.21 bits per heavy atom. The van der Waals surface area contributed by atoms with Crippen molar-refractivity contribution in [2.24, 2.45) is 11.7 Å². The highest BCUT2D eigenvalue weighted by Gasteiger charge is 2.26. The highest BCUT2D eigenvalue weighted by atomic mass is 16.5. The summed E-state index contributed by atoms with van der Waals surface area (Å²) in [7, 11) is 1.74. The Morgan fingerprint density at radius 1 is 1.47 bits per heavy atom. The SMILES string of the molecule is COC1CN(c2ccc(N)c(C(N)=O)c2)CCC1C. The number of benzene rings is 1. The highest BCUT2D eigenvalue weighted by molar-refractivity contribution is 5.99. The van der Waals surface area contributed by atoms with E-state index in [-0.39, 0.29) is 6.10 Å². The van der Waals surface area contributed by atoms with Crippen LogP contribution in [0.1, 0.15) is 23.7 Å². The molecule has 5 nitrogen and oxygen atoms in total. The summed E-state index contributed by atoms with van der Waals surface area (Å²) in [4.78, 5) is 13.5. The van der Waals surface area contributed by atoms with Crippen LogP contribution < -0.4 is 16.4 Å². The van der Waals surface area contributed by atoms with Crippen LogP contribution in [0.3, 0.4) is 0 Å². The summed E-state index contributed by atoms with van der Waals surface area (Å²) < 4.78 is 5.50. The van der Waals surface area contributed by atoms with Crippen molar-refractivity contribution in [3.8, 4) is 0 Å². The van der Waals surface area contributed by atoms with Gasteiger partial charge in [0.2, 0.25) is 0 Å². The third-order valence-electron chi connectivity index (χ3n) is 3.86. The van der Waals surface area contributed by atoms with Crippen LogP contribution in [-0.2, 0) is 4.74 Å². The average Bonchev–Trinajstić information content (AvgIpc) is 2.39. The lowest BCUT2D eigenvalue weighted by Crippen LogP contribution is -2.44. The van der Waals surface area contributed by atoms with Gasteiger partial charge in [0, 0.05) is 31.6 Å². The molecule has 19 heavy (non-hydrogen) atoms. The van der Waals surface area contributed by atoms with Crippen molar-refractivity contribution in [2.75, 3.05) is 30.8 Å². The fourth-order valence-electron chi connectivity index (χ4n) is 2.53. The molecule has 0 spiro atoms. The predicted molar refractivity (Wildman–Crippen MR) is 76.2 cm³/mol. The molecule has 0 saturated carbocycles. The second kappa shape index (κ2) is 5.48. The van der Waals surface area contributed by atoms with E-state index in [0.717, 1.165) is 25.2 Å². The molecule has 2 atom stereocenters. The van der Waals surface area contributed by atoms with E-state index in [9.17, 15) is 4.79 Å². The van der Waals surface area contributed by atoms with Crippen LogP contribution in [0.15, 0.2) is 18.2 Å². The van der Waals surface area contributed by atoms with Crippen LogP contribution in [0.5, 0.6) is 0 Å². The average molecular weight is 263 g/mol. The van der Waals surface area contributed by atoms with E-state index in [4.69, 9.17) is 16.2 Å². The maximum atomic E-state index is 11.3. The van der Waals surface area contributed by atoms with Gasteiger partial charge in [-0.2, -0.15) is 0 Å². The monoisotopic (exact) mass is 263 g/mol. The molecular formula is C14H21N3O2. The second-order valence-corrected chi connectivity index (χ2v) is 5.12. The predicted octanol–water partition coefficient (Wildman–Crippen LogP) is 1.23. The molecule has 1 heterocycles. The molecule has 104 valence electrons. The Balaban J connectivity index is 2.22. The van der Waals surface area contributed by atoms with Crippen LogP contribution in [0.25, 0.3) is 0 Å². The summed E-state index contributed by atoms with van der Waals surface area (Å²) in [6, 6.07) is 5.42. The third kappa shape index (κ3) is 2.81. The largest absolute Gasteiger partial charge is 0.398 e. The minimum atomic E-state index is -0.493. The van der Waals surface area contributed by atoms with E-state index in [0.29, 0.717) is 17.2 Å². The van der Waals surface area contributed by atoms with Crippen molar-refractivity contribution < 1.29 is 9.53 Å². The molecule has 0 aromatic heterocycles. The van der Waals surface area contributed by atoms with Gasteiger partial charge in [-0.15, -0.1) is 0 Å². The number of hydrogen-bond donors (Lipinski definition) is 2. The van der Waals surface area contributed by atoms with Gasteiger partial charge >= 0.3 is 0 Å². The molecule has 1 fully saturated rings. The van der Waals surface area contributed by atoms with E-state index >= 15 is 0 Å². The summed E-state index contributed by atoms with van der Waals surface area (Å²) in [5.74, 6) is 0.0543. The number of rotatable bonds is 3. The standard InChI is InChI=1S/C14H21N3O2/c1-9-5-6-17(8-13(9)19-2)10-3-4-12(15)11(7-10)14(16)18/h3-4,7,9,13H,5-6,8,15H2,1-2H3,(H2,16,18). The van der Waals surface area contributed by atoms with E-state index in [2.05, 4.69) is 11.8 Å². The Morgan fingerprint density at radius 3 is 2.84 bits per heavy atom. The Labute approximate surface area is 113 Å². The quantitative estimate of drug-likeness (QED) is 0.804. The number of nitrogens with two attached hydrogens (primary N) is 2. The number of primary amides is 1. The molecular weight excluding hydrogens is 242 g/mol. The molecule has 1 amide bonds. The summed E-state index contributed by atoms with van der Waals surface area (Å²) in [5.41, 5.74) is 12.8. The Hall–Kier alpha value is -1.75. The fourth-order valence-corrected chi connectivity index (χ4v) is 2.53. The number of methoxy groups -OCH3 is 1. The van der Waals surface area contributed by atoms with Crippen molar-refractivity contribution in [2.45, 2.75) is 19.4 Å². The molecule has 0 radical (unpaired) electrons. The molecule has 1 saturated heterocycles. The van der Waals surface area contributed by atoms with Gasteiger partial charge in [0.05, 0.1) is 11.7 Å². The van der Waals surface area contributed by atoms with E-state index < -0.39 is 5.91 Å². The maximum absolute atomic E-state index is 11.3. The number of nitrogens with zero attached hydrogens (tertiary/aromatic N) is 1. The second-order valence-electron chi connectivity index (χ2n) is 5.12. The summed E-state index contributed by atoms with van der Waals surface area (Å²) >= 11 is 0. The lowest BCUT2D eigenvalue weighted by Gasteiger charge is -2.37. The van der Waals surface area contributed by atoms with Gasteiger partial charge in [-0.1, -0.05) is 6.92 Å². The molecule has 0 aliphatic carbocycles. The smallest absolute Gasteiger partial charge is 0.250 e. The first kappa shape index (κ1) is 13.7. The van der Waals surface area contributed by atoms with Gasteiger partial charge in [-0.05, 0) is 30.5 Å². The molecule has 1 aromatic rings. The number of hydrogen-bond acceptors (Lipinski definition) is 4. The van der Waals surface area contributed by atoms with Crippen LogP contribution >= 0.6 is 0 Å². The molecule has 1 aliphatic rings. The van der Waals surface area contributed by atoms with Crippen molar-refractivity contribution in [1.82, 2.24) is 0 Å². The summed E-state index contributed by atoms with van der Waals surface area (Å²) in [6.07, 6.45) is 1.28. The molecule has 1 aromatic carbocycles. The van der Waals surface area contributed by atoms with Gasteiger partial charge in [-0.25, -0.2) is 0 Å². The first-order valence-electron chi connectivity index (χ1n) is 6.50. The Kier molecular flexibility index (Phi) is 3.95. The van der Waals surface area contributed by atoms with Crippen LogP contribution in [0.4, 0.5) is 11.4 Å². The molecule has 1 aliphatic heterocycles. The van der Waals surface area contributed by atoms with E-state index in [1.54, 1.807) is 19.2 Å². The van der Waals surface area contributed by atoms with Crippen molar-refractivity contribution in [1.29, 1.82) is 0 Å². The Bertz CT molecular complexity index is 476. The lowest BCUT2D eigenvalue weighted by atomic mass is 9.95. The lowest BCUT2D eigenvalue weighted by molar-refractivity contribution is 0.0498. The zero-order valence-corrected chi connectivity index (χ0v) is 11.4. The number of carbonyl (C=O) groups excluding carboxylic acids is 1. The number of nitrogen functional groups attached to an aromatic ring is 1. The molecule has 5 heteroatoms. The minimum absolute atomic E-state index is 0.211. The number of ether oxygens (including phenoxy) is 1. The molecule has 2 unspecified atom stereocenters. The third-order valence-corrected chi connectivity index (χ3v) is 3.86. The van der Waals surface area contributed by atoms with E-state index in [1.165, 1.54) is 0 Å². The number of piperidine rings is 1. The maximum Gasteiger partial charge on any atom is 0.250 e. The van der Waals surface area contributed by atoms with Crippen molar-refractivity contribution in [3.05, 3.63) is 23.8 Å². The summed E-state index contributed by atoms with van der Waals surface area (Å²) in [5, 5.41) is 0. The number of carbonyl (C=O) groups is 1. The zero-order chi connectivity index (χ0) is 14.0. The normalized spacial score (nSPS) is 23.4. The highest BCUT2D eigenvalue weighted by Crippen LogP contribution is 2.27. The van der Waals surface area contributed by atoms with Crippen molar-refractivity contribution >= 4 is 17.3 Å². The van der Waals surface area contributed by atoms with Gasteiger partial charge < -0.3 is 21.1 Å². The topological polar surface area (TPSA) is 81.6 Å². The van der Waals surface area contributed by atoms with Crippen molar-refractivity contribution in [3.63, 3.8) is 0 Å². The van der Waals surface area contributed by atoms with Crippen LogP contribution in [-0.4, -0.2) is 32.2 Å². The van der Waals surface area contributed by atoms with Crippen LogP contribution in [0, 0.1) is 5.92 Å². The number of anilines is 2. The minimum Gasteiger partial charge on any atom is -0.398 e. The van der Waals surface area contributed by atoms with Crippen LogP contribution in [0.2, 0.25) is 0 Å². The molecule has 4 N–H and O–H groups in total. The number of amides is 1. The molecule has 0 bridgehead atoms. The molecule has 2 rings (SSSR count). The van der Waals surface area contributed by atoms with E-state index in [1.807, 2.05) is 6.07 Å². The van der Waals surface area contributed by atoms with Gasteiger partial charge in [-0.3, -0.25) is 4.79 Å². The van der Waals surface area contributed by atoms with Gasteiger partial charge in [0.15, 0.2) is 0 Å². The fraction of sp³-hybridized carbons (Fsp3) is 0.500. The zero-order valence-electron chi connectivity index (χ0n) is 11.4. The first-order valence-corrected chi connectivity index (χ1v) is 6.50. The van der Waals surface area contributed by atoms with Gasteiger partial charge in [0.25, 0.3) is 5.91 Å². The van der Waals surface area contributed by atoms with Gasteiger partial charge in [0.1, 0.15) is 0 Å².